The lowest BCUT2D eigenvalue weighted by molar-refractivity contribution is 0.221. The number of para-hydroxylation sites is 1. The molecule has 1 aliphatic carbocycles. The molecule has 0 amide bonds. The van der Waals surface area contributed by atoms with Gasteiger partial charge in [0.1, 0.15) is 5.75 Å². The summed E-state index contributed by atoms with van der Waals surface area (Å²) in [5.74, 6) is 2.52. The third kappa shape index (κ3) is 2.42. The van der Waals surface area contributed by atoms with Gasteiger partial charge in [-0.3, -0.25) is 0 Å². The van der Waals surface area contributed by atoms with Crippen molar-refractivity contribution in [2.75, 3.05) is 6.61 Å². The first kappa shape index (κ1) is 12.8. The zero-order chi connectivity index (χ0) is 14.3. The Morgan fingerprint density at radius 2 is 2.14 bits per heavy atom. The lowest BCUT2D eigenvalue weighted by atomic mass is 9.75. The van der Waals surface area contributed by atoms with Crippen LogP contribution in [0.3, 0.4) is 0 Å². The molecule has 2 aliphatic rings. The number of benzene rings is 1. The molecular weight excluding hydrogens is 266 g/mol. The van der Waals surface area contributed by atoms with E-state index in [0.717, 1.165) is 30.8 Å². The topological polar surface area (TPSA) is 74.2 Å². The maximum Gasteiger partial charge on any atom is 0.228 e. The van der Waals surface area contributed by atoms with Crippen molar-refractivity contribution in [3.63, 3.8) is 0 Å². The smallest absolute Gasteiger partial charge is 0.228 e. The van der Waals surface area contributed by atoms with Crippen molar-refractivity contribution in [1.29, 1.82) is 0 Å². The molecule has 1 unspecified atom stereocenters. The van der Waals surface area contributed by atoms with E-state index in [-0.39, 0.29) is 11.5 Å². The largest absolute Gasteiger partial charge is 0.493 e. The maximum absolute atomic E-state index is 6.23. The average Bonchev–Trinajstić information content (AvgIpc) is 2.93. The first-order valence-electron chi connectivity index (χ1n) is 7.54. The number of hydrogen-bond donors (Lipinski definition) is 1. The summed E-state index contributed by atoms with van der Waals surface area (Å²) in [5, 5.41) is 4.13. The van der Waals surface area contributed by atoms with Gasteiger partial charge in [0.25, 0.3) is 0 Å². The van der Waals surface area contributed by atoms with Gasteiger partial charge in [0.15, 0.2) is 5.82 Å². The van der Waals surface area contributed by atoms with E-state index in [1.807, 2.05) is 18.2 Å². The quantitative estimate of drug-likeness (QED) is 0.936. The third-order valence-electron chi connectivity index (χ3n) is 4.58. The molecule has 1 atom stereocenters. The number of hydrogen-bond acceptors (Lipinski definition) is 5. The van der Waals surface area contributed by atoms with Crippen LogP contribution in [-0.2, 0) is 12.8 Å². The van der Waals surface area contributed by atoms with E-state index in [9.17, 15) is 0 Å². The molecule has 21 heavy (non-hydrogen) atoms. The molecular formula is C16H19N3O2. The molecule has 1 aromatic heterocycles. The molecule has 2 aromatic rings. The second-order valence-electron chi connectivity index (χ2n) is 6.26. The van der Waals surface area contributed by atoms with E-state index >= 15 is 0 Å². The number of rotatable bonds is 3. The van der Waals surface area contributed by atoms with Gasteiger partial charge in [-0.2, -0.15) is 4.98 Å². The van der Waals surface area contributed by atoms with Gasteiger partial charge in [0.2, 0.25) is 5.89 Å². The fourth-order valence-corrected chi connectivity index (χ4v) is 3.11. The summed E-state index contributed by atoms with van der Waals surface area (Å²) >= 11 is 0. The van der Waals surface area contributed by atoms with Gasteiger partial charge in [-0.1, -0.05) is 23.4 Å². The van der Waals surface area contributed by atoms with Gasteiger partial charge >= 0.3 is 0 Å². The summed E-state index contributed by atoms with van der Waals surface area (Å²) in [7, 11) is 0. The zero-order valence-corrected chi connectivity index (χ0v) is 11.9. The van der Waals surface area contributed by atoms with Crippen LogP contribution in [0.5, 0.6) is 5.75 Å². The molecule has 2 N–H and O–H groups in total. The first-order valence-corrected chi connectivity index (χ1v) is 7.54. The van der Waals surface area contributed by atoms with Crippen LogP contribution in [0.25, 0.3) is 0 Å². The molecule has 1 aliphatic heterocycles. The monoisotopic (exact) mass is 285 g/mol. The van der Waals surface area contributed by atoms with Crippen molar-refractivity contribution < 1.29 is 9.26 Å². The Kier molecular flexibility index (Phi) is 2.96. The number of ether oxygens (including phenoxy) is 1. The van der Waals surface area contributed by atoms with E-state index in [4.69, 9.17) is 15.0 Å². The van der Waals surface area contributed by atoms with E-state index in [2.05, 4.69) is 16.2 Å². The van der Waals surface area contributed by atoms with Gasteiger partial charge < -0.3 is 15.0 Å². The molecule has 5 heteroatoms. The molecule has 1 fully saturated rings. The van der Waals surface area contributed by atoms with Crippen LogP contribution in [0.2, 0.25) is 0 Å². The Balaban J connectivity index is 1.49. The molecule has 0 spiro atoms. The molecule has 0 saturated heterocycles. The number of fused-ring (bicyclic) bond motifs is 1. The van der Waals surface area contributed by atoms with Crippen LogP contribution in [0.1, 0.15) is 42.5 Å². The Labute approximate surface area is 123 Å². The molecule has 0 bridgehead atoms. The van der Waals surface area contributed by atoms with Crippen molar-refractivity contribution in [2.45, 2.75) is 43.6 Å². The summed E-state index contributed by atoms with van der Waals surface area (Å²) < 4.78 is 11.2. The third-order valence-corrected chi connectivity index (χ3v) is 4.58. The second-order valence-corrected chi connectivity index (χ2v) is 6.26. The van der Waals surface area contributed by atoms with Crippen molar-refractivity contribution in [3.05, 3.63) is 41.5 Å². The van der Waals surface area contributed by atoms with Crippen LogP contribution in [0.4, 0.5) is 0 Å². The zero-order valence-electron chi connectivity index (χ0n) is 11.9. The number of nitrogens with two attached hydrogens (primary N) is 1. The minimum absolute atomic E-state index is 0.126. The van der Waals surface area contributed by atoms with E-state index in [1.54, 1.807) is 0 Å². The van der Waals surface area contributed by atoms with Crippen molar-refractivity contribution in [3.8, 4) is 5.75 Å². The van der Waals surface area contributed by atoms with E-state index < -0.39 is 0 Å². The van der Waals surface area contributed by atoms with Crippen molar-refractivity contribution in [1.82, 2.24) is 10.1 Å². The second kappa shape index (κ2) is 4.84. The molecule has 4 rings (SSSR count). The van der Waals surface area contributed by atoms with Crippen molar-refractivity contribution >= 4 is 0 Å². The summed E-state index contributed by atoms with van der Waals surface area (Å²) in [4.78, 5) is 4.54. The van der Waals surface area contributed by atoms with Gasteiger partial charge in [-0.05, 0) is 37.3 Å². The van der Waals surface area contributed by atoms with E-state index in [0.29, 0.717) is 18.9 Å². The highest BCUT2D eigenvalue weighted by molar-refractivity contribution is 5.36. The van der Waals surface area contributed by atoms with Gasteiger partial charge in [0, 0.05) is 12.0 Å². The van der Waals surface area contributed by atoms with Crippen LogP contribution in [0.15, 0.2) is 28.8 Å². The Hall–Kier alpha value is -1.88. The molecule has 1 aromatic carbocycles. The SMILES string of the molecule is NC1(Cc2nc(C3COc4ccccc4C3)no2)CCC1. The number of aromatic nitrogens is 2. The highest BCUT2D eigenvalue weighted by Crippen LogP contribution is 2.33. The number of nitrogens with zero attached hydrogens (tertiary/aromatic N) is 2. The molecule has 0 radical (unpaired) electrons. The Morgan fingerprint density at radius 3 is 2.95 bits per heavy atom. The minimum atomic E-state index is -0.126. The summed E-state index contributed by atoms with van der Waals surface area (Å²) in [5.41, 5.74) is 7.31. The summed E-state index contributed by atoms with van der Waals surface area (Å²) in [6.45, 7) is 0.601. The molecule has 1 saturated carbocycles. The fraction of sp³-hybridized carbons (Fsp3) is 0.500. The van der Waals surface area contributed by atoms with Crippen LogP contribution < -0.4 is 10.5 Å². The minimum Gasteiger partial charge on any atom is -0.493 e. The highest BCUT2D eigenvalue weighted by atomic mass is 16.5. The first-order chi connectivity index (χ1) is 10.2. The summed E-state index contributed by atoms with van der Waals surface area (Å²) in [6, 6.07) is 8.11. The van der Waals surface area contributed by atoms with Crippen molar-refractivity contribution in [2.24, 2.45) is 5.73 Å². The van der Waals surface area contributed by atoms with Crippen LogP contribution >= 0.6 is 0 Å². The van der Waals surface area contributed by atoms with Crippen LogP contribution in [-0.4, -0.2) is 22.3 Å². The standard InChI is InChI=1S/C16H19N3O2/c17-16(6-3-7-16)9-14-18-15(19-21-14)12-8-11-4-1-2-5-13(11)20-10-12/h1-2,4-5,12H,3,6-10,17H2. The van der Waals surface area contributed by atoms with Crippen LogP contribution in [0, 0.1) is 0 Å². The molecule has 110 valence electrons. The maximum atomic E-state index is 6.23. The lowest BCUT2D eigenvalue weighted by Crippen LogP contribution is -2.48. The van der Waals surface area contributed by atoms with E-state index in [1.165, 1.54) is 12.0 Å². The van der Waals surface area contributed by atoms with Gasteiger partial charge in [-0.25, -0.2) is 0 Å². The lowest BCUT2D eigenvalue weighted by Gasteiger charge is -2.36. The van der Waals surface area contributed by atoms with Gasteiger partial charge in [-0.15, -0.1) is 0 Å². The fourth-order valence-electron chi connectivity index (χ4n) is 3.11. The predicted octanol–water partition coefficient (Wildman–Crippen LogP) is 2.21. The summed E-state index contributed by atoms with van der Waals surface area (Å²) in [6.07, 6.45) is 4.87. The normalized spacial score (nSPS) is 23.0. The molecule has 2 heterocycles. The Morgan fingerprint density at radius 1 is 1.29 bits per heavy atom. The molecule has 5 nitrogen and oxygen atoms in total. The Bertz CT molecular complexity index is 648. The highest BCUT2D eigenvalue weighted by Gasteiger charge is 2.35. The average molecular weight is 285 g/mol. The van der Waals surface area contributed by atoms with Gasteiger partial charge in [0.05, 0.1) is 12.5 Å². The predicted molar refractivity (Wildman–Crippen MR) is 77.2 cm³/mol.